The molecule has 0 aliphatic rings. The second-order valence-electron chi connectivity index (χ2n) is 5.48. The maximum Gasteiger partial charge on any atom is 0.128 e. The van der Waals surface area contributed by atoms with Crippen molar-refractivity contribution < 1.29 is 0 Å². The molecule has 3 heteroatoms. The standard InChI is InChI=1S/C14H23BrN2/c1-10(2)8-17(9-11(3)4)14-6-12(5)13(15)7-16-14/h6-7,10-11H,8-9H2,1-5H3. The molecule has 0 N–H and O–H groups in total. The molecule has 2 nitrogen and oxygen atoms in total. The summed E-state index contributed by atoms with van der Waals surface area (Å²) >= 11 is 3.50. The Bertz CT molecular complexity index is 351. The third kappa shape index (κ3) is 4.66. The average molecular weight is 299 g/mol. The van der Waals surface area contributed by atoms with Gasteiger partial charge in [0.05, 0.1) is 0 Å². The van der Waals surface area contributed by atoms with Crippen molar-refractivity contribution in [2.75, 3.05) is 18.0 Å². The SMILES string of the molecule is Cc1cc(N(CC(C)C)CC(C)C)ncc1Br. The first-order valence-corrected chi connectivity index (χ1v) is 7.06. The van der Waals surface area contributed by atoms with E-state index in [2.05, 4.69) is 66.5 Å². The fourth-order valence-electron chi connectivity index (χ4n) is 1.84. The summed E-state index contributed by atoms with van der Waals surface area (Å²) in [6.07, 6.45) is 1.90. The first-order valence-electron chi connectivity index (χ1n) is 6.27. The molecule has 1 aromatic heterocycles. The lowest BCUT2D eigenvalue weighted by Crippen LogP contribution is -2.32. The summed E-state index contributed by atoms with van der Waals surface area (Å²) in [6, 6.07) is 2.16. The van der Waals surface area contributed by atoms with E-state index < -0.39 is 0 Å². The minimum absolute atomic E-state index is 0.652. The van der Waals surface area contributed by atoms with Gasteiger partial charge in [-0.25, -0.2) is 4.98 Å². The van der Waals surface area contributed by atoms with Gasteiger partial charge in [0.25, 0.3) is 0 Å². The van der Waals surface area contributed by atoms with Crippen LogP contribution in [0.2, 0.25) is 0 Å². The summed E-state index contributed by atoms with van der Waals surface area (Å²) in [5.41, 5.74) is 1.24. The van der Waals surface area contributed by atoms with Crippen LogP contribution in [0.5, 0.6) is 0 Å². The van der Waals surface area contributed by atoms with Crippen LogP contribution in [0.4, 0.5) is 5.82 Å². The molecule has 0 atom stereocenters. The predicted octanol–water partition coefficient (Wildman–Crippen LogP) is 4.27. The highest BCUT2D eigenvalue weighted by Crippen LogP contribution is 2.21. The Balaban J connectivity index is 2.91. The Labute approximate surface area is 114 Å². The highest BCUT2D eigenvalue weighted by atomic mass is 79.9. The summed E-state index contributed by atoms with van der Waals surface area (Å²) < 4.78 is 1.08. The first-order chi connectivity index (χ1) is 7.90. The maximum atomic E-state index is 4.52. The molecule has 1 aromatic rings. The third-order valence-electron chi connectivity index (χ3n) is 2.53. The van der Waals surface area contributed by atoms with E-state index in [1.165, 1.54) is 5.56 Å². The van der Waals surface area contributed by atoms with Crippen molar-refractivity contribution in [3.8, 4) is 0 Å². The quantitative estimate of drug-likeness (QED) is 0.807. The Morgan fingerprint density at radius 1 is 1.18 bits per heavy atom. The second kappa shape index (κ2) is 6.39. The molecule has 0 aromatic carbocycles. The van der Waals surface area contributed by atoms with Gasteiger partial charge in [-0.2, -0.15) is 0 Å². The van der Waals surface area contributed by atoms with Gasteiger partial charge in [-0.05, 0) is 46.3 Å². The Hall–Kier alpha value is -0.570. The smallest absolute Gasteiger partial charge is 0.128 e. The van der Waals surface area contributed by atoms with E-state index in [1.54, 1.807) is 0 Å². The number of aryl methyl sites for hydroxylation is 1. The summed E-state index contributed by atoms with van der Waals surface area (Å²) in [5, 5.41) is 0. The summed E-state index contributed by atoms with van der Waals surface area (Å²) in [5.74, 6) is 2.40. The molecule has 0 radical (unpaired) electrons. The first kappa shape index (κ1) is 14.5. The Morgan fingerprint density at radius 2 is 1.71 bits per heavy atom. The van der Waals surface area contributed by atoms with E-state index in [0.717, 1.165) is 23.4 Å². The number of aromatic nitrogens is 1. The van der Waals surface area contributed by atoms with Crippen LogP contribution in [-0.2, 0) is 0 Å². The maximum absolute atomic E-state index is 4.52. The van der Waals surface area contributed by atoms with E-state index in [1.807, 2.05) is 6.20 Å². The van der Waals surface area contributed by atoms with Crippen LogP contribution >= 0.6 is 15.9 Å². The van der Waals surface area contributed by atoms with Gasteiger partial charge in [-0.15, -0.1) is 0 Å². The van der Waals surface area contributed by atoms with Gasteiger partial charge in [0, 0.05) is 23.8 Å². The molecule has 0 bridgehead atoms. The number of pyridine rings is 1. The van der Waals surface area contributed by atoms with E-state index in [9.17, 15) is 0 Å². The van der Waals surface area contributed by atoms with Crippen molar-refractivity contribution >= 4 is 21.7 Å². The van der Waals surface area contributed by atoms with Crippen LogP contribution in [0.25, 0.3) is 0 Å². The summed E-state index contributed by atoms with van der Waals surface area (Å²) in [4.78, 5) is 6.91. The van der Waals surface area contributed by atoms with Crippen molar-refractivity contribution in [2.45, 2.75) is 34.6 Å². The Kier molecular flexibility index (Phi) is 5.44. The molecule has 1 rings (SSSR count). The molecule has 0 unspecified atom stereocenters. The molecule has 0 spiro atoms. The molecule has 0 aliphatic heterocycles. The van der Waals surface area contributed by atoms with Crippen molar-refractivity contribution in [3.63, 3.8) is 0 Å². The normalized spacial score (nSPS) is 11.3. The zero-order chi connectivity index (χ0) is 13.0. The number of nitrogens with zero attached hydrogens (tertiary/aromatic N) is 2. The zero-order valence-corrected chi connectivity index (χ0v) is 13.1. The van der Waals surface area contributed by atoms with E-state index >= 15 is 0 Å². The molecule has 0 fully saturated rings. The minimum Gasteiger partial charge on any atom is -0.356 e. The Morgan fingerprint density at radius 3 is 2.12 bits per heavy atom. The fraction of sp³-hybridized carbons (Fsp3) is 0.643. The van der Waals surface area contributed by atoms with Gasteiger partial charge in [0.1, 0.15) is 5.82 Å². The molecule has 0 saturated carbocycles. The van der Waals surface area contributed by atoms with Crippen LogP contribution in [0, 0.1) is 18.8 Å². The molecular weight excluding hydrogens is 276 g/mol. The lowest BCUT2D eigenvalue weighted by Gasteiger charge is -2.27. The monoisotopic (exact) mass is 298 g/mol. The lowest BCUT2D eigenvalue weighted by atomic mass is 10.1. The molecule has 1 heterocycles. The molecule has 0 saturated heterocycles. The van der Waals surface area contributed by atoms with Gasteiger partial charge in [-0.3, -0.25) is 0 Å². The molecule has 96 valence electrons. The van der Waals surface area contributed by atoms with E-state index in [0.29, 0.717) is 11.8 Å². The van der Waals surface area contributed by atoms with Crippen LogP contribution in [0.15, 0.2) is 16.7 Å². The predicted molar refractivity (Wildman–Crippen MR) is 78.6 cm³/mol. The van der Waals surface area contributed by atoms with Gasteiger partial charge in [-0.1, -0.05) is 27.7 Å². The number of hydrogen-bond donors (Lipinski definition) is 0. The van der Waals surface area contributed by atoms with Gasteiger partial charge >= 0.3 is 0 Å². The molecule has 0 amide bonds. The van der Waals surface area contributed by atoms with Crippen molar-refractivity contribution in [1.82, 2.24) is 4.98 Å². The second-order valence-corrected chi connectivity index (χ2v) is 6.34. The van der Waals surface area contributed by atoms with Gasteiger partial charge in [0.15, 0.2) is 0 Å². The summed E-state index contributed by atoms with van der Waals surface area (Å²) in [7, 11) is 0. The van der Waals surface area contributed by atoms with Crippen LogP contribution < -0.4 is 4.90 Å². The van der Waals surface area contributed by atoms with Gasteiger partial charge in [0.2, 0.25) is 0 Å². The number of hydrogen-bond acceptors (Lipinski definition) is 2. The van der Waals surface area contributed by atoms with E-state index in [-0.39, 0.29) is 0 Å². The highest BCUT2D eigenvalue weighted by molar-refractivity contribution is 9.10. The third-order valence-corrected chi connectivity index (χ3v) is 3.36. The van der Waals surface area contributed by atoms with Crippen LogP contribution in [0.1, 0.15) is 33.3 Å². The number of anilines is 1. The average Bonchev–Trinajstić information content (AvgIpc) is 2.19. The molecule has 0 aliphatic carbocycles. The van der Waals surface area contributed by atoms with Crippen LogP contribution in [0.3, 0.4) is 0 Å². The zero-order valence-electron chi connectivity index (χ0n) is 11.5. The molecular formula is C14H23BrN2. The summed E-state index contributed by atoms with van der Waals surface area (Å²) in [6.45, 7) is 13.2. The largest absolute Gasteiger partial charge is 0.356 e. The number of rotatable bonds is 5. The van der Waals surface area contributed by atoms with E-state index in [4.69, 9.17) is 0 Å². The number of halogens is 1. The molecule has 17 heavy (non-hydrogen) atoms. The van der Waals surface area contributed by atoms with Crippen molar-refractivity contribution in [3.05, 3.63) is 22.3 Å². The van der Waals surface area contributed by atoms with Gasteiger partial charge < -0.3 is 4.90 Å². The van der Waals surface area contributed by atoms with Crippen molar-refractivity contribution in [2.24, 2.45) is 11.8 Å². The van der Waals surface area contributed by atoms with Crippen molar-refractivity contribution in [1.29, 1.82) is 0 Å². The van der Waals surface area contributed by atoms with Crippen LogP contribution in [-0.4, -0.2) is 18.1 Å². The minimum atomic E-state index is 0.652. The lowest BCUT2D eigenvalue weighted by molar-refractivity contribution is 0.548. The topological polar surface area (TPSA) is 16.1 Å². The highest BCUT2D eigenvalue weighted by Gasteiger charge is 2.12. The fourth-order valence-corrected chi connectivity index (χ4v) is 2.06.